The second-order valence-electron chi connectivity index (χ2n) is 5.01. The van der Waals surface area contributed by atoms with Crippen LogP contribution in [0.3, 0.4) is 0 Å². The molecule has 3 N–H and O–H groups in total. The van der Waals surface area contributed by atoms with Crippen molar-refractivity contribution in [1.29, 1.82) is 0 Å². The molecule has 6 heteroatoms. The van der Waals surface area contributed by atoms with Gasteiger partial charge < -0.3 is 10.8 Å². The minimum absolute atomic E-state index is 0.503. The summed E-state index contributed by atoms with van der Waals surface area (Å²) in [6.45, 7) is 0. The average Bonchev–Trinajstić information content (AvgIpc) is 3.04. The van der Waals surface area contributed by atoms with Crippen molar-refractivity contribution in [2.24, 2.45) is 5.73 Å². The maximum atomic E-state index is 10.6. The van der Waals surface area contributed by atoms with Crippen LogP contribution in [0.4, 0.5) is 0 Å². The fourth-order valence-corrected chi connectivity index (χ4v) is 3.27. The Morgan fingerprint density at radius 2 is 2.32 bits per heavy atom. The van der Waals surface area contributed by atoms with Crippen molar-refractivity contribution in [3.05, 3.63) is 18.0 Å². The number of nitrogens with zero attached hydrogens (tertiary/aromatic N) is 2. The molecular weight excluding hydrogens is 262 g/mol. The maximum absolute atomic E-state index is 10.6. The van der Waals surface area contributed by atoms with Crippen LogP contribution in [0.5, 0.6) is 0 Å². The highest BCUT2D eigenvalue weighted by atomic mass is 32.2. The number of aromatic nitrogens is 2. The SMILES string of the molecule is NC(CCSCc1ccn(C2CCCC2)n1)C(=O)O. The molecule has 1 unspecified atom stereocenters. The molecule has 1 heterocycles. The molecule has 1 aliphatic carbocycles. The molecule has 0 spiro atoms. The van der Waals surface area contributed by atoms with Crippen molar-refractivity contribution >= 4 is 17.7 Å². The van der Waals surface area contributed by atoms with E-state index < -0.39 is 12.0 Å². The first-order valence-electron chi connectivity index (χ1n) is 6.77. The van der Waals surface area contributed by atoms with Crippen LogP contribution in [0, 0.1) is 0 Å². The van der Waals surface area contributed by atoms with Gasteiger partial charge in [-0.15, -0.1) is 0 Å². The second kappa shape index (κ2) is 6.96. The largest absolute Gasteiger partial charge is 0.480 e. The number of aliphatic carboxylic acids is 1. The van der Waals surface area contributed by atoms with Crippen LogP contribution in [0.25, 0.3) is 0 Å². The molecule has 1 aromatic rings. The zero-order valence-electron chi connectivity index (χ0n) is 11.0. The molecule has 1 fully saturated rings. The van der Waals surface area contributed by atoms with Gasteiger partial charge in [-0.3, -0.25) is 9.48 Å². The summed E-state index contributed by atoms with van der Waals surface area (Å²) in [5.41, 5.74) is 6.52. The van der Waals surface area contributed by atoms with Crippen LogP contribution in [-0.4, -0.2) is 32.7 Å². The average molecular weight is 283 g/mol. The number of carbonyl (C=O) groups is 1. The van der Waals surface area contributed by atoms with E-state index >= 15 is 0 Å². The summed E-state index contributed by atoms with van der Waals surface area (Å²) in [5.74, 6) is 0.654. The number of hydrogen-bond acceptors (Lipinski definition) is 4. The first-order valence-corrected chi connectivity index (χ1v) is 7.92. The monoisotopic (exact) mass is 283 g/mol. The van der Waals surface area contributed by atoms with Crippen molar-refractivity contribution in [3.63, 3.8) is 0 Å². The summed E-state index contributed by atoms with van der Waals surface area (Å²) >= 11 is 1.69. The zero-order valence-corrected chi connectivity index (χ0v) is 11.8. The lowest BCUT2D eigenvalue weighted by Gasteiger charge is -2.08. The lowest BCUT2D eigenvalue weighted by Crippen LogP contribution is -2.30. The molecule has 19 heavy (non-hydrogen) atoms. The van der Waals surface area contributed by atoms with Gasteiger partial charge in [0.2, 0.25) is 0 Å². The smallest absolute Gasteiger partial charge is 0.320 e. The Morgan fingerprint density at radius 3 is 3.00 bits per heavy atom. The quantitative estimate of drug-likeness (QED) is 0.748. The fraction of sp³-hybridized carbons (Fsp3) is 0.692. The Kier molecular flexibility index (Phi) is 5.27. The minimum atomic E-state index is -0.925. The Hall–Kier alpha value is -1.01. The van der Waals surface area contributed by atoms with Crippen molar-refractivity contribution in [3.8, 4) is 0 Å². The highest BCUT2D eigenvalue weighted by molar-refractivity contribution is 7.98. The van der Waals surface area contributed by atoms with Crippen molar-refractivity contribution in [1.82, 2.24) is 9.78 Å². The van der Waals surface area contributed by atoms with E-state index in [4.69, 9.17) is 10.8 Å². The zero-order chi connectivity index (χ0) is 13.7. The number of nitrogens with two attached hydrogens (primary N) is 1. The molecule has 106 valence electrons. The molecule has 2 rings (SSSR count). The highest BCUT2D eigenvalue weighted by Crippen LogP contribution is 2.29. The summed E-state index contributed by atoms with van der Waals surface area (Å²) in [5, 5.41) is 13.3. The maximum Gasteiger partial charge on any atom is 0.320 e. The van der Waals surface area contributed by atoms with Crippen molar-refractivity contribution in [2.45, 2.75) is 49.9 Å². The minimum Gasteiger partial charge on any atom is -0.480 e. The number of thioether (sulfide) groups is 1. The van der Waals surface area contributed by atoms with Gasteiger partial charge in [0.15, 0.2) is 0 Å². The molecule has 0 saturated heterocycles. The first-order chi connectivity index (χ1) is 9.16. The molecule has 1 aliphatic rings. The van der Waals surface area contributed by atoms with Crippen LogP contribution >= 0.6 is 11.8 Å². The summed E-state index contributed by atoms with van der Waals surface area (Å²) in [7, 11) is 0. The summed E-state index contributed by atoms with van der Waals surface area (Å²) < 4.78 is 2.09. The van der Waals surface area contributed by atoms with Gasteiger partial charge in [0.25, 0.3) is 0 Å². The van der Waals surface area contributed by atoms with Gasteiger partial charge in [0, 0.05) is 11.9 Å². The van der Waals surface area contributed by atoms with E-state index in [9.17, 15) is 4.79 Å². The van der Waals surface area contributed by atoms with E-state index in [0.717, 1.165) is 17.2 Å². The second-order valence-corrected chi connectivity index (χ2v) is 6.12. The first kappa shape index (κ1) is 14.4. The molecule has 1 aromatic heterocycles. The molecule has 1 atom stereocenters. The van der Waals surface area contributed by atoms with Crippen LogP contribution in [0.15, 0.2) is 12.3 Å². The van der Waals surface area contributed by atoms with Crippen LogP contribution < -0.4 is 5.73 Å². The van der Waals surface area contributed by atoms with Crippen LogP contribution in [0.1, 0.15) is 43.8 Å². The Morgan fingerprint density at radius 1 is 1.58 bits per heavy atom. The Labute approximate surface area is 117 Å². The van der Waals surface area contributed by atoms with E-state index in [1.165, 1.54) is 25.7 Å². The van der Waals surface area contributed by atoms with Gasteiger partial charge in [-0.1, -0.05) is 12.8 Å². The standard InChI is InChI=1S/C13H21N3O2S/c14-12(13(17)18)6-8-19-9-10-5-7-16(15-10)11-3-1-2-4-11/h5,7,11-12H,1-4,6,8-9,14H2,(H,17,18). The van der Waals surface area contributed by atoms with E-state index in [0.29, 0.717) is 12.5 Å². The van der Waals surface area contributed by atoms with Crippen molar-refractivity contribution < 1.29 is 9.90 Å². The lowest BCUT2D eigenvalue weighted by molar-refractivity contribution is -0.138. The summed E-state index contributed by atoms with van der Waals surface area (Å²) in [6.07, 6.45) is 7.66. The molecule has 0 aromatic carbocycles. The third-order valence-electron chi connectivity index (χ3n) is 3.50. The molecule has 1 saturated carbocycles. The Balaban J connectivity index is 1.70. The van der Waals surface area contributed by atoms with Gasteiger partial charge in [0.1, 0.15) is 6.04 Å². The molecule has 0 bridgehead atoms. The Bertz CT molecular complexity index is 416. The van der Waals surface area contributed by atoms with E-state index in [2.05, 4.69) is 22.0 Å². The van der Waals surface area contributed by atoms with Gasteiger partial charge in [-0.2, -0.15) is 16.9 Å². The van der Waals surface area contributed by atoms with Gasteiger partial charge in [0.05, 0.1) is 11.7 Å². The van der Waals surface area contributed by atoms with Gasteiger partial charge in [-0.05, 0) is 31.1 Å². The molecule has 5 nitrogen and oxygen atoms in total. The normalized spacial score (nSPS) is 17.7. The number of rotatable bonds is 7. The van der Waals surface area contributed by atoms with Crippen molar-refractivity contribution in [2.75, 3.05) is 5.75 Å². The van der Waals surface area contributed by atoms with Gasteiger partial charge >= 0.3 is 5.97 Å². The fourth-order valence-electron chi connectivity index (χ4n) is 2.34. The topological polar surface area (TPSA) is 81.1 Å². The number of carboxylic acids is 1. The number of hydrogen-bond donors (Lipinski definition) is 2. The lowest BCUT2D eigenvalue weighted by atomic mass is 10.2. The molecule has 0 amide bonds. The third kappa shape index (κ3) is 4.24. The third-order valence-corrected chi connectivity index (χ3v) is 4.53. The molecular formula is C13H21N3O2S. The van der Waals surface area contributed by atoms with Crippen LogP contribution in [-0.2, 0) is 10.5 Å². The molecule has 0 radical (unpaired) electrons. The highest BCUT2D eigenvalue weighted by Gasteiger charge is 2.17. The molecule has 0 aliphatic heterocycles. The van der Waals surface area contributed by atoms with E-state index in [-0.39, 0.29) is 0 Å². The van der Waals surface area contributed by atoms with Gasteiger partial charge in [-0.25, -0.2) is 0 Å². The predicted octanol–water partition coefficient (Wildman–Crippen LogP) is 2.03. The van der Waals surface area contributed by atoms with E-state index in [1.54, 1.807) is 11.8 Å². The summed E-state index contributed by atoms with van der Waals surface area (Å²) in [6, 6.07) is 1.89. The van der Waals surface area contributed by atoms with Crippen LogP contribution in [0.2, 0.25) is 0 Å². The summed E-state index contributed by atoms with van der Waals surface area (Å²) in [4.78, 5) is 10.6. The predicted molar refractivity (Wildman–Crippen MR) is 76.1 cm³/mol. The number of carboxylic acid groups (broad SMARTS) is 1. The van der Waals surface area contributed by atoms with E-state index in [1.807, 2.05) is 0 Å².